The molecule has 7 nitrogen and oxygen atoms in total. The van der Waals surface area contributed by atoms with Crippen molar-refractivity contribution in [3.05, 3.63) is 95.3 Å². The minimum atomic E-state index is -0.817. The summed E-state index contributed by atoms with van der Waals surface area (Å²) in [5.41, 5.74) is 1.00. The van der Waals surface area contributed by atoms with Crippen molar-refractivity contribution >= 4 is 29.6 Å². The summed E-state index contributed by atoms with van der Waals surface area (Å²) in [5, 5.41) is 2.18. The Hall–Kier alpha value is -4.46. The highest BCUT2D eigenvalue weighted by Gasteiger charge is 2.36. The third-order valence-corrected chi connectivity index (χ3v) is 4.96. The Morgan fingerprint density at radius 2 is 1.67 bits per heavy atom. The number of hydrogen-bond acceptors (Lipinski definition) is 5. The van der Waals surface area contributed by atoms with Gasteiger partial charge in [-0.05, 0) is 42.0 Å². The molecule has 4 rings (SSSR count). The van der Waals surface area contributed by atoms with Crippen molar-refractivity contribution in [2.24, 2.45) is 0 Å². The number of rotatable bonds is 6. The van der Waals surface area contributed by atoms with E-state index >= 15 is 0 Å². The van der Waals surface area contributed by atoms with Crippen molar-refractivity contribution in [3.63, 3.8) is 0 Å². The summed E-state index contributed by atoms with van der Waals surface area (Å²) in [5.74, 6) is -1.22. The van der Waals surface area contributed by atoms with E-state index in [4.69, 9.17) is 9.47 Å². The zero-order valence-corrected chi connectivity index (χ0v) is 17.6. The fraction of sp³-hybridized carbons (Fsp3) is 0.0800. The standard InChI is InChI=1S/C25H19FN2O5/c1-32-22-14-16(11-12-21(22)33-15-17-7-5-6-10-20(17)26)13-19-23(29)27-25(31)28(24(19)30)18-8-3-2-4-9-18/h2-14H,15H2,1H3,(H,27,29,31)/b19-13+. The van der Waals surface area contributed by atoms with Crippen LogP contribution < -0.4 is 19.7 Å². The lowest BCUT2D eigenvalue weighted by Gasteiger charge is -2.26. The SMILES string of the molecule is COc1cc(/C=C2\C(=O)NC(=O)N(c3ccccc3)C2=O)ccc1OCc1ccccc1F. The first-order valence-electron chi connectivity index (χ1n) is 9.98. The first-order valence-corrected chi connectivity index (χ1v) is 9.98. The minimum absolute atomic E-state index is 0.00148. The molecule has 0 bridgehead atoms. The van der Waals surface area contributed by atoms with Gasteiger partial charge in [0.1, 0.15) is 18.0 Å². The van der Waals surface area contributed by atoms with Crippen molar-refractivity contribution in [2.45, 2.75) is 6.61 Å². The molecule has 0 aromatic heterocycles. The largest absolute Gasteiger partial charge is 0.493 e. The molecular weight excluding hydrogens is 427 g/mol. The predicted octanol–water partition coefficient (Wildman–Crippen LogP) is 4.08. The van der Waals surface area contributed by atoms with Crippen molar-refractivity contribution in [3.8, 4) is 11.5 Å². The van der Waals surface area contributed by atoms with Gasteiger partial charge in [-0.25, -0.2) is 14.1 Å². The number of methoxy groups -OCH3 is 1. The van der Waals surface area contributed by atoms with E-state index in [0.717, 1.165) is 4.90 Å². The quantitative estimate of drug-likeness (QED) is 0.456. The number of ether oxygens (including phenoxy) is 2. The number of nitrogens with one attached hydrogen (secondary N) is 1. The van der Waals surface area contributed by atoms with Gasteiger partial charge in [-0.1, -0.05) is 42.5 Å². The number of carbonyl (C=O) groups excluding carboxylic acids is 3. The fourth-order valence-corrected chi connectivity index (χ4v) is 3.30. The second-order valence-corrected chi connectivity index (χ2v) is 7.08. The number of para-hydroxylation sites is 1. The van der Waals surface area contributed by atoms with E-state index in [1.165, 1.54) is 19.3 Å². The van der Waals surface area contributed by atoms with Crippen LogP contribution in [0.4, 0.5) is 14.9 Å². The van der Waals surface area contributed by atoms with E-state index < -0.39 is 17.8 Å². The van der Waals surface area contributed by atoms with Crippen LogP contribution in [-0.4, -0.2) is 25.0 Å². The van der Waals surface area contributed by atoms with Gasteiger partial charge in [-0.2, -0.15) is 0 Å². The molecule has 0 unspecified atom stereocenters. The van der Waals surface area contributed by atoms with Gasteiger partial charge in [-0.3, -0.25) is 14.9 Å². The molecule has 4 amide bonds. The van der Waals surface area contributed by atoms with Crippen LogP contribution in [0.3, 0.4) is 0 Å². The van der Waals surface area contributed by atoms with Crippen LogP contribution in [0.1, 0.15) is 11.1 Å². The highest BCUT2D eigenvalue weighted by molar-refractivity contribution is 6.39. The molecule has 33 heavy (non-hydrogen) atoms. The first-order chi connectivity index (χ1) is 16.0. The van der Waals surface area contributed by atoms with E-state index in [2.05, 4.69) is 5.32 Å². The van der Waals surface area contributed by atoms with Gasteiger partial charge in [0.15, 0.2) is 11.5 Å². The van der Waals surface area contributed by atoms with Crippen molar-refractivity contribution in [1.82, 2.24) is 5.32 Å². The number of anilines is 1. The molecule has 1 fully saturated rings. The molecule has 0 radical (unpaired) electrons. The zero-order chi connectivity index (χ0) is 23.4. The van der Waals surface area contributed by atoms with Gasteiger partial charge in [0.05, 0.1) is 12.8 Å². The van der Waals surface area contributed by atoms with Crippen LogP contribution in [0.5, 0.6) is 11.5 Å². The number of benzene rings is 3. The molecule has 0 atom stereocenters. The van der Waals surface area contributed by atoms with Crippen LogP contribution in [0.15, 0.2) is 78.4 Å². The Balaban J connectivity index is 1.60. The molecule has 8 heteroatoms. The Morgan fingerprint density at radius 3 is 2.39 bits per heavy atom. The van der Waals surface area contributed by atoms with Crippen molar-refractivity contribution in [1.29, 1.82) is 0 Å². The summed E-state index contributed by atoms with van der Waals surface area (Å²) in [4.78, 5) is 38.5. The third kappa shape index (κ3) is 4.59. The highest BCUT2D eigenvalue weighted by atomic mass is 19.1. The van der Waals surface area contributed by atoms with E-state index in [1.54, 1.807) is 66.7 Å². The summed E-state index contributed by atoms with van der Waals surface area (Å²) in [7, 11) is 1.44. The fourth-order valence-electron chi connectivity index (χ4n) is 3.30. The lowest BCUT2D eigenvalue weighted by atomic mass is 10.1. The maximum absolute atomic E-state index is 13.8. The first kappa shape index (κ1) is 21.8. The van der Waals surface area contributed by atoms with E-state index in [0.29, 0.717) is 28.3 Å². The van der Waals surface area contributed by atoms with Crippen LogP contribution in [0.2, 0.25) is 0 Å². The molecule has 0 spiro atoms. The second kappa shape index (κ2) is 9.35. The van der Waals surface area contributed by atoms with Gasteiger partial charge >= 0.3 is 6.03 Å². The number of halogens is 1. The van der Waals surface area contributed by atoms with Gasteiger partial charge in [0.2, 0.25) is 0 Å². The average molecular weight is 446 g/mol. The number of urea groups is 1. The molecule has 0 aliphatic carbocycles. The molecule has 0 saturated carbocycles. The van der Waals surface area contributed by atoms with Crippen LogP contribution in [0, 0.1) is 5.82 Å². The molecule has 166 valence electrons. The number of imide groups is 2. The zero-order valence-electron chi connectivity index (χ0n) is 17.6. The van der Waals surface area contributed by atoms with E-state index in [-0.39, 0.29) is 18.0 Å². The normalized spacial score (nSPS) is 14.9. The van der Waals surface area contributed by atoms with E-state index in [9.17, 15) is 18.8 Å². The Bertz CT molecular complexity index is 1260. The predicted molar refractivity (Wildman–Crippen MR) is 119 cm³/mol. The van der Waals surface area contributed by atoms with Gasteiger partial charge in [-0.15, -0.1) is 0 Å². The number of nitrogens with zero attached hydrogens (tertiary/aromatic N) is 1. The molecule has 1 aliphatic rings. The smallest absolute Gasteiger partial charge is 0.335 e. The molecule has 1 saturated heterocycles. The number of carbonyl (C=O) groups is 3. The number of barbiturate groups is 1. The third-order valence-electron chi connectivity index (χ3n) is 4.96. The summed E-state index contributed by atoms with van der Waals surface area (Å²) in [6, 6.07) is 18.5. The molecular formula is C25H19FN2O5. The Morgan fingerprint density at radius 1 is 0.939 bits per heavy atom. The Labute approximate surface area is 189 Å². The molecule has 3 aromatic carbocycles. The lowest BCUT2D eigenvalue weighted by molar-refractivity contribution is -0.122. The van der Waals surface area contributed by atoms with Gasteiger partial charge < -0.3 is 9.47 Å². The van der Waals surface area contributed by atoms with E-state index in [1.807, 2.05) is 0 Å². The van der Waals surface area contributed by atoms with Crippen molar-refractivity contribution < 1.29 is 28.2 Å². The number of amides is 4. The Kier molecular flexibility index (Phi) is 6.17. The molecule has 1 heterocycles. The van der Waals surface area contributed by atoms with Crippen LogP contribution in [-0.2, 0) is 16.2 Å². The second-order valence-electron chi connectivity index (χ2n) is 7.08. The lowest BCUT2D eigenvalue weighted by Crippen LogP contribution is -2.54. The maximum atomic E-state index is 13.8. The van der Waals surface area contributed by atoms with Crippen molar-refractivity contribution in [2.75, 3.05) is 12.0 Å². The number of hydrogen-bond donors (Lipinski definition) is 1. The topological polar surface area (TPSA) is 84.9 Å². The molecule has 1 N–H and O–H groups in total. The molecule has 3 aromatic rings. The van der Waals surface area contributed by atoms with Crippen LogP contribution in [0.25, 0.3) is 6.08 Å². The van der Waals surface area contributed by atoms with Gasteiger partial charge in [0, 0.05) is 5.56 Å². The summed E-state index contributed by atoms with van der Waals surface area (Å²) in [6.07, 6.45) is 1.36. The average Bonchev–Trinajstić information content (AvgIpc) is 2.82. The summed E-state index contributed by atoms with van der Waals surface area (Å²) in [6.45, 7) is -0.00148. The maximum Gasteiger partial charge on any atom is 0.335 e. The minimum Gasteiger partial charge on any atom is -0.493 e. The highest BCUT2D eigenvalue weighted by Crippen LogP contribution is 2.30. The summed E-state index contributed by atoms with van der Waals surface area (Å²) >= 11 is 0. The summed E-state index contributed by atoms with van der Waals surface area (Å²) < 4.78 is 24.9. The van der Waals surface area contributed by atoms with Crippen LogP contribution >= 0.6 is 0 Å². The van der Waals surface area contributed by atoms with Gasteiger partial charge in [0.25, 0.3) is 11.8 Å². The monoisotopic (exact) mass is 446 g/mol. The molecule has 1 aliphatic heterocycles.